The van der Waals surface area contributed by atoms with E-state index in [1.54, 1.807) is 42.5 Å². The second kappa shape index (κ2) is 7.74. The van der Waals surface area contributed by atoms with Crippen LogP contribution in [-0.2, 0) is 14.3 Å². The maximum Gasteiger partial charge on any atom is 0.338 e. The summed E-state index contributed by atoms with van der Waals surface area (Å²) in [4.78, 5) is 34.7. The van der Waals surface area contributed by atoms with E-state index in [-0.39, 0.29) is 0 Å². The summed E-state index contributed by atoms with van der Waals surface area (Å²) in [5.41, 5.74) is 1.24. The second-order valence-corrected chi connectivity index (χ2v) is 4.56. The summed E-state index contributed by atoms with van der Waals surface area (Å²) in [6.07, 6.45) is 0. The van der Waals surface area contributed by atoms with Gasteiger partial charge >= 0.3 is 11.9 Å². The van der Waals surface area contributed by atoms with Crippen LogP contribution in [0, 0.1) is 0 Å². The Hall–Kier alpha value is -3.15. The largest absolute Gasteiger partial charge is 0.465 e. The van der Waals surface area contributed by atoms with Gasteiger partial charge in [-0.1, -0.05) is 18.2 Å². The molecule has 0 unspecified atom stereocenters. The van der Waals surface area contributed by atoms with Gasteiger partial charge in [-0.25, -0.2) is 9.59 Å². The molecule has 0 heterocycles. The van der Waals surface area contributed by atoms with Crippen molar-refractivity contribution in [1.29, 1.82) is 0 Å². The summed E-state index contributed by atoms with van der Waals surface area (Å²) in [7, 11) is 1.29. The van der Waals surface area contributed by atoms with E-state index in [1.807, 2.05) is 0 Å². The van der Waals surface area contributed by atoms with Crippen LogP contribution >= 0.6 is 0 Å². The van der Waals surface area contributed by atoms with E-state index in [0.717, 1.165) is 0 Å². The van der Waals surface area contributed by atoms with Crippen LogP contribution in [0.3, 0.4) is 0 Å². The van der Waals surface area contributed by atoms with Gasteiger partial charge in [0.1, 0.15) is 0 Å². The minimum absolute atomic E-state index is 0.376. The molecule has 6 heteroatoms. The molecule has 1 N–H and O–H groups in total. The Bertz CT molecular complexity index is 695. The van der Waals surface area contributed by atoms with Gasteiger partial charge in [0.15, 0.2) is 6.61 Å². The number of rotatable bonds is 5. The zero-order valence-corrected chi connectivity index (χ0v) is 12.4. The lowest BCUT2D eigenvalue weighted by Crippen LogP contribution is -2.20. The van der Waals surface area contributed by atoms with E-state index >= 15 is 0 Å². The Morgan fingerprint density at radius 1 is 0.870 bits per heavy atom. The molecule has 2 rings (SSSR count). The summed E-state index contributed by atoms with van der Waals surface area (Å²) in [5, 5.41) is 2.56. The van der Waals surface area contributed by atoms with Crippen LogP contribution < -0.4 is 5.32 Å². The monoisotopic (exact) mass is 313 g/mol. The van der Waals surface area contributed by atoms with E-state index in [4.69, 9.17) is 4.74 Å². The molecule has 0 aliphatic rings. The summed E-state index contributed by atoms with van der Waals surface area (Å²) in [6.45, 7) is -0.396. The predicted molar refractivity (Wildman–Crippen MR) is 83.1 cm³/mol. The van der Waals surface area contributed by atoms with Crippen molar-refractivity contribution in [3.05, 3.63) is 65.7 Å². The molecule has 0 aromatic heterocycles. The molecule has 118 valence electrons. The standard InChI is InChI=1S/C17H15NO5/c1-22-16(20)13-7-9-14(10-8-13)18-15(19)11-23-17(21)12-5-3-2-4-6-12/h2-10H,11H2,1H3,(H,18,19). The number of esters is 2. The highest BCUT2D eigenvalue weighted by Crippen LogP contribution is 2.10. The third-order valence-electron chi connectivity index (χ3n) is 2.93. The van der Waals surface area contributed by atoms with Crippen LogP contribution in [0.15, 0.2) is 54.6 Å². The number of benzene rings is 2. The minimum Gasteiger partial charge on any atom is -0.465 e. The van der Waals surface area contributed by atoms with Gasteiger partial charge in [0.05, 0.1) is 18.2 Å². The number of carbonyl (C=O) groups is 3. The first-order valence-electron chi connectivity index (χ1n) is 6.80. The van der Waals surface area contributed by atoms with Crippen molar-refractivity contribution in [2.45, 2.75) is 0 Å². The number of hydrogen-bond donors (Lipinski definition) is 1. The third-order valence-corrected chi connectivity index (χ3v) is 2.93. The smallest absolute Gasteiger partial charge is 0.338 e. The molecule has 0 aliphatic heterocycles. The lowest BCUT2D eigenvalue weighted by atomic mass is 10.2. The number of nitrogens with one attached hydrogen (secondary N) is 1. The van der Waals surface area contributed by atoms with Gasteiger partial charge in [-0.15, -0.1) is 0 Å². The topological polar surface area (TPSA) is 81.7 Å². The Labute approximate surface area is 133 Å². The first kappa shape index (κ1) is 16.2. The molecule has 2 aromatic rings. The lowest BCUT2D eigenvalue weighted by molar-refractivity contribution is -0.119. The van der Waals surface area contributed by atoms with Gasteiger partial charge in [-0.05, 0) is 36.4 Å². The van der Waals surface area contributed by atoms with Crippen molar-refractivity contribution in [1.82, 2.24) is 0 Å². The van der Waals surface area contributed by atoms with Crippen molar-refractivity contribution in [3.63, 3.8) is 0 Å². The molecule has 0 saturated carbocycles. The van der Waals surface area contributed by atoms with Crippen LogP contribution in [0.25, 0.3) is 0 Å². The van der Waals surface area contributed by atoms with Gasteiger partial charge < -0.3 is 14.8 Å². The molecule has 2 aromatic carbocycles. The zero-order valence-electron chi connectivity index (χ0n) is 12.4. The molecule has 0 aliphatic carbocycles. The fourth-order valence-corrected chi connectivity index (χ4v) is 1.79. The van der Waals surface area contributed by atoms with Crippen LogP contribution in [0.1, 0.15) is 20.7 Å². The third kappa shape index (κ3) is 4.67. The summed E-state index contributed by atoms with van der Waals surface area (Å²) >= 11 is 0. The Kier molecular flexibility index (Phi) is 5.46. The van der Waals surface area contributed by atoms with Gasteiger partial charge in [0, 0.05) is 5.69 Å². The predicted octanol–water partition coefficient (Wildman–Crippen LogP) is 2.27. The molecule has 0 bridgehead atoms. The van der Waals surface area contributed by atoms with E-state index in [9.17, 15) is 14.4 Å². The molecule has 0 fully saturated rings. The minimum atomic E-state index is -0.568. The first-order chi connectivity index (χ1) is 11.1. The highest BCUT2D eigenvalue weighted by molar-refractivity contribution is 5.96. The first-order valence-corrected chi connectivity index (χ1v) is 6.80. The van der Waals surface area contributed by atoms with E-state index < -0.39 is 24.5 Å². The van der Waals surface area contributed by atoms with Crippen molar-refractivity contribution in [2.75, 3.05) is 19.0 Å². The Balaban J connectivity index is 1.85. The summed E-state index contributed by atoms with van der Waals surface area (Å²) in [6, 6.07) is 14.6. The van der Waals surface area contributed by atoms with Gasteiger partial charge in [0.25, 0.3) is 5.91 Å². The fraction of sp³-hybridized carbons (Fsp3) is 0.118. The lowest BCUT2D eigenvalue weighted by Gasteiger charge is -2.07. The number of carbonyl (C=O) groups excluding carboxylic acids is 3. The van der Waals surface area contributed by atoms with E-state index in [0.29, 0.717) is 16.8 Å². The summed E-state index contributed by atoms with van der Waals surface area (Å²) in [5.74, 6) is -1.50. The van der Waals surface area contributed by atoms with Gasteiger partial charge in [0.2, 0.25) is 0 Å². The van der Waals surface area contributed by atoms with Crippen molar-refractivity contribution in [2.24, 2.45) is 0 Å². The van der Waals surface area contributed by atoms with Gasteiger partial charge in [-0.3, -0.25) is 4.79 Å². The molecule has 0 saturated heterocycles. The number of anilines is 1. The van der Waals surface area contributed by atoms with Crippen molar-refractivity contribution >= 4 is 23.5 Å². The van der Waals surface area contributed by atoms with E-state index in [1.165, 1.54) is 19.2 Å². The molecule has 0 spiro atoms. The molecule has 0 atom stereocenters. The van der Waals surface area contributed by atoms with Crippen LogP contribution in [-0.4, -0.2) is 31.6 Å². The highest BCUT2D eigenvalue weighted by Gasteiger charge is 2.10. The Morgan fingerprint density at radius 2 is 1.48 bits per heavy atom. The van der Waals surface area contributed by atoms with Crippen molar-refractivity contribution in [3.8, 4) is 0 Å². The number of hydrogen-bond acceptors (Lipinski definition) is 5. The fourth-order valence-electron chi connectivity index (χ4n) is 1.79. The Morgan fingerprint density at radius 3 is 2.09 bits per heavy atom. The zero-order chi connectivity index (χ0) is 16.7. The maximum absolute atomic E-state index is 11.7. The number of methoxy groups -OCH3 is 1. The van der Waals surface area contributed by atoms with Crippen LogP contribution in [0.5, 0.6) is 0 Å². The van der Waals surface area contributed by atoms with Crippen LogP contribution in [0.2, 0.25) is 0 Å². The molecular formula is C17H15NO5. The normalized spacial score (nSPS) is 9.78. The quantitative estimate of drug-likeness (QED) is 0.856. The number of ether oxygens (including phenoxy) is 2. The van der Waals surface area contributed by atoms with E-state index in [2.05, 4.69) is 10.1 Å². The van der Waals surface area contributed by atoms with Crippen molar-refractivity contribution < 1.29 is 23.9 Å². The highest BCUT2D eigenvalue weighted by atomic mass is 16.5. The maximum atomic E-state index is 11.7. The average molecular weight is 313 g/mol. The molecule has 0 radical (unpaired) electrons. The average Bonchev–Trinajstić information content (AvgIpc) is 2.60. The molecule has 6 nitrogen and oxygen atoms in total. The van der Waals surface area contributed by atoms with Crippen LogP contribution in [0.4, 0.5) is 5.69 Å². The molecule has 23 heavy (non-hydrogen) atoms. The van der Waals surface area contributed by atoms with Gasteiger partial charge in [-0.2, -0.15) is 0 Å². The number of amides is 1. The summed E-state index contributed by atoms with van der Waals surface area (Å²) < 4.78 is 9.50. The SMILES string of the molecule is COC(=O)c1ccc(NC(=O)COC(=O)c2ccccc2)cc1. The second-order valence-electron chi connectivity index (χ2n) is 4.56. The molecule has 1 amide bonds. The molecular weight excluding hydrogens is 298 g/mol.